The van der Waals surface area contributed by atoms with Gasteiger partial charge in [-0.25, -0.2) is 4.79 Å². The number of carbonyl (C=O) groups excluding carboxylic acids is 2. The monoisotopic (exact) mass is 329 g/mol. The number of anilines is 1. The van der Waals surface area contributed by atoms with Crippen molar-refractivity contribution in [1.29, 1.82) is 0 Å². The number of benzene rings is 1. The van der Waals surface area contributed by atoms with Crippen molar-refractivity contribution in [3.8, 4) is 0 Å². The zero-order valence-electron chi connectivity index (χ0n) is 13.2. The second kappa shape index (κ2) is 6.54. The molecule has 0 radical (unpaired) electrons. The van der Waals surface area contributed by atoms with Gasteiger partial charge in [0.25, 0.3) is 5.91 Å². The molecule has 4 nitrogen and oxygen atoms in total. The minimum Gasteiger partial charge on any atom is -0.462 e. The van der Waals surface area contributed by atoms with Gasteiger partial charge in [-0.05, 0) is 55.2 Å². The molecule has 23 heavy (non-hydrogen) atoms. The van der Waals surface area contributed by atoms with E-state index in [1.54, 1.807) is 13.0 Å². The minimum absolute atomic E-state index is 0.196. The van der Waals surface area contributed by atoms with Crippen LogP contribution in [-0.4, -0.2) is 18.5 Å². The number of thiophene rings is 1. The molecule has 5 heteroatoms. The van der Waals surface area contributed by atoms with Gasteiger partial charge >= 0.3 is 5.97 Å². The lowest BCUT2D eigenvalue weighted by molar-refractivity contribution is 0.0527. The molecule has 120 valence electrons. The van der Waals surface area contributed by atoms with Crippen LogP contribution in [0.1, 0.15) is 57.5 Å². The van der Waals surface area contributed by atoms with Gasteiger partial charge in [0.1, 0.15) is 5.00 Å². The van der Waals surface area contributed by atoms with Crippen LogP contribution in [0.15, 0.2) is 29.6 Å². The van der Waals surface area contributed by atoms with Crippen LogP contribution in [0.25, 0.3) is 0 Å². The van der Waals surface area contributed by atoms with Gasteiger partial charge in [0, 0.05) is 5.56 Å². The fourth-order valence-electron chi connectivity index (χ4n) is 2.57. The highest BCUT2D eigenvalue weighted by molar-refractivity contribution is 7.15. The van der Waals surface area contributed by atoms with Gasteiger partial charge in [0.2, 0.25) is 0 Å². The standard InChI is InChI=1S/C18H19NO3S/c1-3-22-18(21)15-14(12-8-9-12)10-23-17(15)19-16(20)13-7-5-4-6-11(13)2/h4-7,10,12H,3,8-9H2,1-2H3,(H,19,20). The van der Waals surface area contributed by atoms with Crippen LogP contribution in [0.4, 0.5) is 5.00 Å². The number of rotatable bonds is 5. The molecule has 1 saturated carbocycles. The van der Waals surface area contributed by atoms with Crippen LogP contribution >= 0.6 is 11.3 Å². The summed E-state index contributed by atoms with van der Waals surface area (Å²) < 4.78 is 5.17. The predicted molar refractivity (Wildman–Crippen MR) is 91.4 cm³/mol. The molecular formula is C18H19NO3S. The summed E-state index contributed by atoms with van der Waals surface area (Å²) in [6.45, 7) is 4.00. The Morgan fingerprint density at radius 1 is 1.30 bits per heavy atom. The smallest absolute Gasteiger partial charge is 0.341 e. The van der Waals surface area contributed by atoms with Crippen LogP contribution in [-0.2, 0) is 4.74 Å². The molecule has 1 aliphatic carbocycles. The first-order chi connectivity index (χ1) is 11.1. The van der Waals surface area contributed by atoms with E-state index in [2.05, 4.69) is 5.32 Å². The fourth-order valence-corrected chi connectivity index (χ4v) is 3.60. The molecule has 1 fully saturated rings. The molecule has 1 amide bonds. The van der Waals surface area contributed by atoms with Crippen molar-refractivity contribution in [3.63, 3.8) is 0 Å². The number of amides is 1. The van der Waals surface area contributed by atoms with Gasteiger partial charge in [0.15, 0.2) is 0 Å². The highest BCUT2D eigenvalue weighted by Gasteiger charge is 2.32. The molecule has 0 unspecified atom stereocenters. The Morgan fingerprint density at radius 2 is 2.04 bits per heavy atom. The first-order valence-corrected chi connectivity index (χ1v) is 8.65. The third-order valence-corrected chi connectivity index (χ3v) is 4.85. The number of esters is 1. The third-order valence-electron chi connectivity index (χ3n) is 3.93. The van der Waals surface area contributed by atoms with Crippen LogP contribution < -0.4 is 5.32 Å². The van der Waals surface area contributed by atoms with E-state index in [4.69, 9.17) is 4.74 Å². The average Bonchev–Trinajstić information content (AvgIpc) is 3.29. The maximum atomic E-state index is 12.5. The summed E-state index contributed by atoms with van der Waals surface area (Å²) in [5, 5.41) is 5.44. The lowest BCUT2D eigenvalue weighted by Crippen LogP contribution is -2.16. The number of hydrogen-bond donors (Lipinski definition) is 1. The molecule has 3 rings (SSSR count). The maximum absolute atomic E-state index is 12.5. The lowest BCUT2D eigenvalue weighted by Gasteiger charge is -2.09. The molecule has 0 spiro atoms. The van der Waals surface area contributed by atoms with Gasteiger partial charge in [-0.1, -0.05) is 18.2 Å². The van der Waals surface area contributed by atoms with E-state index < -0.39 is 0 Å². The SMILES string of the molecule is CCOC(=O)c1c(C2CC2)csc1NC(=O)c1ccccc1C. The minimum atomic E-state index is -0.351. The topological polar surface area (TPSA) is 55.4 Å². The summed E-state index contributed by atoms with van der Waals surface area (Å²) in [5.74, 6) is -0.122. The second-order valence-electron chi connectivity index (χ2n) is 5.66. The molecule has 1 N–H and O–H groups in total. The Kier molecular flexibility index (Phi) is 4.48. The second-order valence-corrected chi connectivity index (χ2v) is 6.54. The number of nitrogens with one attached hydrogen (secondary N) is 1. The van der Waals surface area contributed by atoms with Gasteiger partial charge < -0.3 is 10.1 Å². The molecule has 0 saturated heterocycles. The van der Waals surface area contributed by atoms with Crippen LogP contribution in [0.3, 0.4) is 0 Å². The summed E-state index contributed by atoms with van der Waals surface area (Å²) in [4.78, 5) is 24.8. The van der Waals surface area contributed by atoms with E-state index in [1.807, 2.05) is 30.5 Å². The van der Waals surface area contributed by atoms with E-state index in [1.165, 1.54) is 11.3 Å². The van der Waals surface area contributed by atoms with Crippen molar-refractivity contribution in [2.45, 2.75) is 32.6 Å². The zero-order valence-corrected chi connectivity index (χ0v) is 14.0. The molecule has 1 aliphatic rings. The number of ether oxygens (including phenoxy) is 1. The highest BCUT2D eigenvalue weighted by Crippen LogP contribution is 2.46. The summed E-state index contributed by atoms with van der Waals surface area (Å²) in [7, 11) is 0. The number of hydrogen-bond acceptors (Lipinski definition) is 4. The van der Waals surface area contributed by atoms with Gasteiger partial charge in [-0.3, -0.25) is 4.79 Å². The largest absolute Gasteiger partial charge is 0.462 e. The summed E-state index contributed by atoms with van der Waals surface area (Å²) in [5.41, 5.74) is 3.06. The maximum Gasteiger partial charge on any atom is 0.341 e. The van der Waals surface area contributed by atoms with Crippen LogP contribution in [0.2, 0.25) is 0 Å². The van der Waals surface area contributed by atoms with E-state index in [9.17, 15) is 9.59 Å². The highest BCUT2D eigenvalue weighted by atomic mass is 32.1. The normalized spacial score (nSPS) is 13.7. The van der Waals surface area contributed by atoms with E-state index in [-0.39, 0.29) is 11.9 Å². The zero-order chi connectivity index (χ0) is 16.4. The number of carbonyl (C=O) groups is 2. The van der Waals surface area contributed by atoms with Gasteiger partial charge in [-0.15, -0.1) is 11.3 Å². The van der Waals surface area contributed by atoms with E-state index in [0.717, 1.165) is 24.0 Å². The summed E-state index contributed by atoms with van der Waals surface area (Å²) in [6.07, 6.45) is 2.18. The van der Waals surface area contributed by atoms with Gasteiger partial charge in [-0.2, -0.15) is 0 Å². The first-order valence-electron chi connectivity index (χ1n) is 7.77. The van der Waals surface area contributed by atoms with Gasteiger partial charge in [0.05, 0.1) is 12.2 Å². The Labute approximate surface area is 139 Å². The van der Waals surface area contributed by atoms with Crippen molar-refractivity contribution >= 4 is 28.2 Å². The molecule has 2 aromatic rings. The van der Waals surface area contributed by atoms with Crippen LogP contribution in [0.5, 0.6) is 0 Å². The predicted octanol–water partition coefficient (Wildman–Crippen LogP) is 4.36. The molecule has 0 aliphatic heterocycles. The van der Waals surface area contributed by atoms with Crippen molar-refractivity contribution in [1.82, 2.24) is 0 Å². The fraction of sp³-hybridized carbons (Fsp3) is 0.333. The van der Waals surface area contributed by atoms with E-state index in [0.29, 0.717) is 28.7 Å². The van der Waals surface area contributed by atoms with Crippen molar-refractivity contribution in [3.05, 3.63) is 51.9 Å². The Hall–Kier alpha value is -2.14. The molecule has 1 aromatic carbocycles. The average molecular weight is 329 g/mol. The Bertz CT molecular complexity index is 746. The quantitative estimate of drug-likeness (QED) is 0.829. The number of aryl methyl sites for hydroxylation is 1. The van der Waals surface area contributed by atoms with Crippen LogP contribution in [0, 0.1) is 6.92 Å². The molecule has 0 bridgehead atoms. The molecular weight excluding hydrogens is 310 g/mol. The first kappa shape index (κ1) is 15.7. The Morgan fingerprint density at radius 3 is 2.70 bits per heavy atom. The molecule has 1 heterocycles. The summed E-state index contributed by atoms with van der Waals surface area (Å²) >= 11 is 1.39. The molecule has 0 atom stereocenters. The van der Waals surface area contributed by atoms with E-state index >= 15 is 0 Å². The lowest BCUT2D eigenvalue weighted by atomic mass is 10.1. The third kappa shape index (κ3) is 3.29. The van der Waals surface area contributed by atoms with Crippen molar-refractivity contribution in [2.75, 3.05) is 11.9 Å². The summed E-state index contributed by atoms with van der Waals surface area (Å²) in [6, 6.07) is 7.40. The molecule has 1 aromatic heterocycles. The van der Waals surface area contributed by atoms with Crippen molar-refractivity contribution in [2.24, 2.45) is 0 Å². The Balaban J connectivity index is 1.89. The van der Waals surface area contributed by atoms with Crippen molar-refractivity contribution < 1.29 is 14.3 Å².